The van der Waals surface area contributed by atoms with Gasteiger partial charge in [-0.25, -0.2) is 0 Å². The minimum absolute atomic E-state index is 0.356. The maximum atomic E-state index is 11.2. The molecule has 0 radical (unpaired) electrons. The van der Waals surface area contributed by atoms with E-state index in [1.807, 2.05) is 0 Å². The van der Waals surface area contributed by atoms with Crippen LogP contribution in [0.5, 0.6) is 0 Å². The SMILES string of the molecule is C[Si](C)(C)CCCc1cnccc1C(N)=O. The Morgan fingerprint density at radius 2 is 2.12 bits per heavy atom. The van der Waals surface area contributed by atoms with Crippen LogP contribution < -0.4 is 5.73 Å². The number of aromatic nitrogens is 1. The average molecular weight is 236 g/mol. The number of primary amides is 1. The Labute approximate surface area is 98.1 Å². The smallest absolute Gasteiger partial charge is 0.249 e. The van der Waals surface area contributed by atoms with Gasteiger partial charge in [-0.15, -0.1) is 0 Å². The number of carbonyl (C=O) groups is 1. The summed E-state index contributed by atoms with van der Waals surface area (Å²) in [6.45, 7) is 7.06. The normalized spacial score (nSPS) is 11.4. The first-order valence-corrected chi connectivity index (χ1v) is 9.33. The van der Waals surface area contributed by atoms with E-state index in [1.54, 1.807) is 18.5 Å². The molecule has 1 amide bonds. The lowest BCUT2D eigenvalue weighted by Crippen LogP contribution is -2.19. The van der Waals surface area contributed by atoms with Crippen LogP contribution in [-0.4, -0.2) is 19.0 Å². The van der Waals surface area contributed by atoms with Gasteiger partial charge in [0.1, 0.15) is 0 Å². The van der Waals surface area contributed by atoms with Crippen LogP contribution in [-0.2, 0) is 6.42 Å². The first-order chi connectivity index (χ1) is 7.40. The molecule has 0 spiro atoms. The predicted molar refractivity (Wildman–Crippen MR) is 69.2 cm³/mol. The predicted octanol–water partition coefficient (Wildman–Crippen LogP) is 2.45. The molecule has 0 aliphatic heterocycles. The molecule has 1 rings (SSSR count). The number of amides is 1. The topological polar surface area (TPSA) is 56.0 Å². The summed E-state index contributed by atoms with van der Waals surface area (Å²) in [6, 6.07) is 2.96. The zero-order valence-corrected chi connectivity index (χ0v) is 11.3. The number of hydrogen-bond acceptors (Lipinski definition) is 2. The van der Waals surface area contributed by atoms with E-state index in [1.165, 1.54) is 6.04 Å². The largest absolute Gasteiger partial charge is 0.366 e. The third-order valence-electron chi connectivity index (χ3n) is 2.54. The molecule has 0 aromatic carbocycles. The minimum Gasteiger partial charge on any atom is -0.366 e. The Balaban J connectivity index is 2.64. The molecule has 3 nitrogen and oxygen atoms in total. The van der Waals surface area contributed by atoms with Crippen LogP contribution in [0.4, 0.5) is 0 Å². The summed E-state index contributed by atoms with van der Waals surface area (Å²) in [5.74, 6) is -0.356. The third-order valence-corrected chi connectivity index (χ3v) is 4.40. The summed E-state index contributed by atoms with van der Waals surface area (Å²) in [4.78, 5) is 15.2. The molecule has 88 valence electrons. The zero-order chi connectivity index (χ0) is 12.2. The minimum atomic E-state index is -0.992. The van der Waals surface area contributed by atoms with Crippen molar-refractivity contribution < 1.29 is 4.79 Å². The number of pyridine rings is 1. The molecular weight excluding hydrogens is 216 g/mol. The Hall–Kier alpha value is -1.16. The lowest BCUT2D eigenvalue weighted by atomic mass is 10.1. The maximum absolute atomic E-state index is 11.2. The van der Waals surface area contributed by atoms with Crippen molar-refractivity contribution in [3.63, 3.8) is 0 Å². The van der Waals surface area contributed by atoms with E-state index in [2.05, 4.69) is 24.6 Å². The highest BCUT2D eigenvalue weighted by molar-refractivity contribution is 6.76. The summed E-state index contributed by atoms with van der Waals surface area (Å²) in [5.41, 5.74) is 6.91. The Morgan fingerprint density at radius 3 is 2.69 bits per heavy atom. The fourth-order valence-corrected chi connectivity index (χ4v) is 2.91. The summed E-state index contributed by atoms with van der Waals surface area (Å²) in [6.07, 6.45) is 5.38. The quantitative estimate of drug-likeness (QED) is 0.798. The second-order valence-electron chi connectivity index (χ2n) is 5.31. The van der Waals surface area contributed by atoms with Crippen molar-refractivity contribution >= 4 is 14.0 Å². The monoisotopic (exact) mass is 236 g/mol. The van der Waals surface area contributed by atoms with Gasteiger partial charge in [0.15, 0.2) is 0 Å². The van der Waals surface area contributed by atoms with E-state index in [0.717, 1.165) is 18.4 Å². The van der Waals surface area contributed by atoms with Gasteiger partial charge in [0.2, 0.25) is 5.91 Å². The van der Waals surface area contributed by atoms with E-state index in [4.69, 9.17) is 5.73 Å². The highest BCUT2D eigenvalue weighted by Crippen LogP contribution is 2.16. The van der Waals surface area contributed by atoms with Crippen LogP contribution >= 0.6 is 0 Å². The molecule has 0 fully saturated rings. The van der Waals surface area contributed by atoms with Gasteiger partial charge in [0.05, 0.1) is 0 Å². The number of carbonyl (C=O) groups excluding carboxylic acids is 1. The average Bonchev–Trinajstić information content (AvgIpc) is 2.16. The molecule has 1 heterocycles. The number of nitrogens with two attached hydrogens (primary N) is 1. The summed E-state index contributed by atoms with van der Waals surface area (Å²) < 4.78 is 0. The molecule has 0 saturated heterocycles. The second kappa shape index (κ2) is 5.25. The van der Waals surface area contributed by atoms with E-state index >= 15 is 0 Å². The molecule has 0 bridgehead atoms. The van der Waals surface area contributed by atoms with Crippen molar-refractivity contribution in [3.05, 3.63) is 29.6 Å². The van der Waals surface area contributed by atoms with Gasteiger partial charge in [-0.05, 0) is 18.1 Å². The standard InChI is InChI=1S/C12H20N2OSi/c1-16(2,3)8-4-5-10-9-14-7-6-11(10)12(13)15/h6-7,9H,4-5,8H2,1-3H3,(H2,13,15). The second-order valence-corrected chi connectivity index (χ2v) is 10.9. The fraction of sp³-hybridized carbons (Fsp3) is 0.500. The zero-order valence-electron chi connectivity index (χ0n) is 10.3. The molecule has 0 atom stereocenters. The van der Waals surface area contributed by atoms with Crippen LogP contribution in [0.1, 0.15) is 22.3 Å². The number of nitrogens with zero attached hydrogens (tertiary/aromatic N) is 1. The van der Waals surface area contributed by atoms with Gasteiger partial charge in [0.25, 0.3) is 0 Å². The highest BCUT2D eigenvalue weighted by atomic mass is 28.3. The fourth-order valence-electron chi connectivity index (χ4n) is 1.68. The van der Waals surface area contributed by atoms with Crippen molar-refractivity contribution in [2.45, 2.75) is 38.5 Å². The van der Waals surface area contributed by atoms with Gasteiger partial charge >= 0.3 is 0 Å². The van der Waals surface area contributed by atoms with Gasteiger partial charge in [-0.2, -0.15) is 0 Å². The van der Waals surface area contributed by atoms with Crippen molar-refractivity contribution in [1.29, 1.82) is 0 Å². The van der Waals surface area contributed by atoms with Crippen LogP contribution in [0.3, 0.4) is 0 Å². The first kappa shape index (κ1) is 12.9. The summed E-state index contributed by atoms with van der Waals surface area (Å²) >= 11 is 0. The molecule has 0 saturated carbocycles. The molecule has 0 unspecified atom stereocenters. The van der Waals surface area contributed by atoms with Gasteiger partial charge < -0.3 is 5.73 Å². The van der Waals surface area contributed by atoms with E-state index in [9.17, 15) is 4.79 Å². The molecule has 0 aliphatic rings. The molecule has 1 aromatic rings. The number of aryl methyl sites for hydroxylation is 1. The third kappa shape index (κ3) is 4.14. The Kier molecular flexibility index (Phi) is 4.24. The van der Waals surface area contributed by atoms with E-state index in [-0.39, 0.29) is 5.91 Å². The Bertz CT molecular complexity index is 372. The van der Waals surface area contributed by atoms with Gasteiger partial charge in [-0.1, -0.05) is 32.1 Å². The van der Waals surface area contributed by atoms with Gasteiger partial charge in [-0.3, -0.25) is 9.78 Å². The van der Waals surface area contributed by atoms with Crippen molar-refractivity contribution in [3.8, 4) is 0 Å². The Morgan fingerprint density at radius 1 is 1.44 bits per heavy atom. The molecular formula is C12H20N2OSi. The number of rotatable bonds is 5. The van der Waals surface area contributed by atoms with E-state index < -0.39 is 8.07 Å². The van der Waals surface area contributed by atoms with Crippen LogP contribution in [0.15, 0.2) is 18.5 Å². The molecule has 2 N–H and O–H groups in total. The lowest BCUT2D eigenvalue weighted by Gasteiger charge is -2.15. The van der Waals surface area contributed by atoms with Crippen molar-refractivity contribution in [2.75, 3.05) is 0 Å². The molecule has 16 heavy (non-hydrogen) atoms. The van der Waals surface area contributed by atoms with Gasteiger partial charge in [0, 0.05) is 26.0 Å². The van der Waals surface area contributed by atoms with Crippen LogP contribution in [0, 0.1) is 0 Å². The molecule has 1 aromatic heterocycles. The number of hydrogen-bond donors (Lipinski definition) is 1. The lowest BCUT2D eigenvalue weighted by molar-refractivity contribution is 0.0999. The van der Waals surface area contributed by atoms with Crippen molar-refractivity contribution in [2.24, 2.45) is 5.73 Å². The van der Waals surface area contributed by atoms with E-state index in [0.29, 0.717) is 5.56 Å². The summed E-state index contributed by atoms with van der Waals surface area (Å²) in [5, 5.41) is 0. The first-order valence-electron chi connectivity index (χ1n) is 5.63. The summed E-state index contributed by atoms with van der Waals surface area (Å²) in [7, 11) is -0.992. The van der Waals surface area contributed by atoms with Crippen molar-refractivity contribution in [1.82, 2.24) is 4.98 Å². The maximum Gasteiger partial charge on any atom is 0.249 e. The molecule has 0 aliphatic carbocycles. The van der Waals surface area contributed by atoms with Crippen LogP contribution in [0.2, 0.25) is 25.7 Å². The highest BCUT2D eigenvalue weighted by Gasteiger charge is 2.13. The molecule has 4 heteroatoms. The van der Waals surface area contributed by atoms with Crippen LogP contribution in [0.25, 0.3) is 0 Å².